The summed E-state index contributed by atoms with van der Waals surface area (Å²) in [7, 11) is 0.123. The fourth-order valence-electron chi connectivity index (χ4n) is 12.3. The smallest absolute Gasteiger partial charge is 0.272 e. The summed E-state index contributed by atoms with van der Waals surface area (Å²) in [5.74, 6) is -0.836. The summed E-state index contributed by atoms with van der Waals surface area (Å²) in [5, 5.41) is 7.07. The molecule has 81 heavy (non-hydrogen) atoms. The summed E-state index contributed by atoms with van der Waals surface area (Å²) in [4.78, 5) is 96.1. The predicted molar refractivity (Wildman–Crippen MR) is 302 cm³/mol. The van der Waals surface area contributed by atoms with Gasteiger partial charge in [-0.25, -0.2) is 0 Å². The Morgan fingerprint density at radius 3 is 1.94 bits per heavy atom. The summed E-state index contributed by atoms with van der Waals surface area (Å²) in [6, 6.07) is 27.1. The lowest BCUT2D eigenvalue weighted by Crippen LogP contribution is -2.47. The zero-order valence-corrected chi connectivity index (χ0v) is 46.8. The summed E-state index contributed by atoms with van der Waals surface area (Å²) in [6.07, 6.45) is 4.59. The number of rotatable bonds is 20. The van der Waals surface area contributed by atoms with Crippen LogP contribution in [0.4, 0.5) is 17.1 Å². The highest BCUT2D eigenvalue weighted by Gasteiger charge is 2.48. The van der Waals surface area contributed by atoms with Gasteiger partial charge in [0.05, 0.1) is 26.8 Å². The van der Waals surface area contributed by atoms with E-state index in [1.54, 1.807) is 42.3 Å². The van der Waals surface area contributed by atoms with Gasteiger partial charge >= 0.3 is 0 Å². The fraction of sp³-hybridized carbons (Fsp3) is 0.403. The van der Waals surface area contributed by atoms with Crippen molar-refractivity contribution >= 4 is 68.3 Å². The molecule has 5 amide bonds. The first-order valence-corrected chi connectivity index (χ1v) is 29.2. The van der Waals surface area contributed by atoms with Gasteiger partial charge in [-0.2, -0.15) is 8.42 Å². The number of carbonyl (C=O) groups excluding carboxylic acids is 7. The van der Waals surface area contributed by atoms with Gasteiger partial charge in [0, 0.05) is 78.8 Å². The Labute approximate surface area is 471 Å². The molecule has 1 aliphatic carbocycles. The first-order chi connectivity index (χ1) is 39.0. The molecule has 3 atom stereocenters. The maximum Gasteiger partial charge on any atom is 0.272 e. The van der Waals surface area contributed by atoms with Crippen molar-refractivity contribution in [2.45, 2.75) is 121 Å². The van der Waals surface area contributed by atoms with E-state index in [-0.39, 0.29) is 99.0 Å². The van der Waals surface area contributed by atoms with Gasteiger partial charge < -0.3 is 40.0 Å². The average molecular weight is 1120 g/mol. The summed E-state index contributed by atoms with van der Waals surface area (Å²) in [5.41, 5.74) is 8.11. The van der Waals surface area contributed by atoms with E-state index in [0.29, 0.717) is 101 Å². The second kappa shape index (κ2) is 24.1. The first kappa shape index (κ1) is 56.4. The van der Waals surface area contributed by atoms with Crippen LogP contribution in [-0.4, -0.2) is 94.7 Å². The minimum absolute atomic E-state index is 0.000650. The number of carbonyl (C=O) groups is 7. The van der Waals surface area contributed by atoms with E-state index in [4.69, 9.17) is 18.4 Å². The molecular formula is C62H67N5O13S. The van der Waals surface area contributed by atoms with Gasteiger partial charge in [0.25, 0.3) is 21.9 Å². The number of para-hydroxylation sites is 2. The second-order valence-electron chi connectivity index (χ2n) is 21.7. The van der Waals surface area contributed by atoms with E-state index in [9.17, 15) is 42.0 Å². The lowest BCUT2D eigenvalue weighted by Gasteiger charge is -2.28. The van der Waals surface area contributed by atoms with Crippen LogP contribution < -0.4 is 40.0 Å². The quantitative estimate of drug-likeness (QED) is 0.0643. The third-order valence-corrected chi connectivity index (χ3v) is 18.3. The predicted octanol–water partition coefficient (Wildman–Crippen LogP) is 7.46. The average Bonchev–Trinajstić information content (AvgIpc) is 3.56. The van der Waals surface area contributed by atoms with Crippen LogP contribution in [-0.2, 0) is 77.2 Å². The molecule has 5 aromatic carbocycles. The molecule has 19 heteroatoms. The van der Waals surface area contributed by atoms with Crippen LogP contribution >= 0.6 is 0 Å². The van der Waals surface area contributed by atoms with Gasteiger partial charge in [-0.15, -0.1) is 0 Å². The van der Waals surface area contributed by atoms with Crippen LogP contribution in [0, 0.1) is 18.8 Å². The number of hydrogen-bond donors (Lipinski definition) is 3. The van der Waals surface area contributed by atoms with Gasteiger partial charge in [0.1, 0.15) is 30.0 Å². The number of fused-ring (bicyclic) bond motifs is 8. The van der Waals surface area contributed by atoms with E-state index in [2.05, 4.69) is 22.0 Å². The highest BCUT2D eigenvalue weighted by molar-refractivity contribution is 7.87. The molecule has 10 rings (SSSR count). The number of amides is 5. The molecule has 1 saturated carbocycles. The Morgan fingerprint density at radius 2 is 1.25 bits per heavy atom. The standard InChI is InChI=1S/C62H67N5O13S/c1-36-23-48-44(31-57(81(75,76)78-4)52-28-43-10-6-8-12-51(43)67(52)62(48)74)30-54(36)79-34-37-24-38(35-80-56-29-41-17-18-46-27-42-9-5-7-11-50(42)66(46)61(73)49(41)32-55(56)77-3)26-45(25-37)65-59(71)21-19-47(68)33-64-58(70)22-20-53(69)39-13-15-40(16-14-39)60(72)63-2/h5-12,23-26,29-30,32,39-40,46,52,57H,13-22,27-28,31,33-35H2,1-4H3,(H,63,72)(H,64,70)(H,65,71)/t39?,40?,46-,52+,57?/m1/s1. The summed E-state index contributed by atoms with van der Waals surface area (Å²) >= 11 is 0. The molecule has 1 fully saturated rings. The normalized spacial score (nSPS) is 19.8. The van der Waals surface area contributed by atoms with E-state index in [1.165, 1.54) is 7.11 Å². The van der Waals surface area contributed by atoms with Crippen molar-refractivity contribution in [2.75, 3.05) is 42.9 Å². The number of methoxy groups -OCH3 is 1. The largest absolute Gasteiger partial charge is 0.493 e. The molecule has 5 aliphatic rings. The van der Waals surface area contributed by atoms with Crippen molar-refractivity contribution in [3.63, 3.8) is 0 Å². The van der Waals surface area contributed by atoms with Crippen molar-refractivity contribution in [2.24, 2.45) is 11.8 Å². The zero-order valence-electron chi connectivity index (χ0n) is 46.0. The van der Waals surface area contributed by atoms with Crippen molar-refractivity contribution < 1.29 is 60.4 Å². The summed E-state index contributed by atoms with van der Waals surface area (Å²) < 4.78 is 51.1. The molecule has 3 N–H and O–H groups in total. The van der Waals surface area contributed by atoms with Crippen molar-refractivity contribution in [1.29, 1.82) is 0 Å². The van der Waals surface area contributed by atoms with Crippen LogP contribution in [0.3, 0.4) is 0 Å². The SMILES string of the molecule is CNC(=O)C1CCC(C(=O)CCC(=O)NCC(=O)CCC(=O)Nc2cc(COc3cc4c(cc3C)C(=O)N3c5ccccc5C[C@H]3C(S(=O)(=O)OC)C4)cc(COc3cc4c(cc3OC)C(=O)N3c5ccccc5C[C@H]3CC4)c2)CC1. The van der Waals surface area contributed by atoms with E-state index < -0.39 is 33.2 Å². The van der Waals surface area contributed by atoms with Gasteiger partial charge in [-0.1, -0.05) is 36.4 Å². The Balaban J connectivity index is 0.835. The maximum atomic E-state index is 14.4. The molecule has 1 unspecified atom stereocenters. The molecule has 0 radical (unpaired) electrons. The Morgan fingerprint density at radius 1 is 0.630 bits per heavy atom. The molecule has 0 aromatic heterocycles. The lowest BCUT2D eigenvalue weighted by atomic mass is 9.79. The van der Waals surface area contributed by atoms with Crippen LogP contribution in [0.5, 0.6) is 17.2 Å². The third kappa shape index (κ3) is 12.1. The molecule has 0 spiro atoms. The lowest BCUT2D eigenvalue weighted by molar-refractivity contribution is -0.130. The Hall–Kier alpha value is -7.90. The molecule has 5 aromatic rings. The maximum absolute atomic E-state index is 14.4. The van der Waals surface area contributed by atoms with Crippen molar-refractivity contribution in [3.8, 4) is 17.2 Å². The summed E-state index contributed by atoms with van der Waals surface area (Å²) in [6.45, 7) is 1.48. The van der Waals surface area contributed by atoms with E-state index in [0.717, 1.165) is 42.3 Å². The first-order valence-electron chi connectivity index (χ1n) is 27.7. The second-order valence-corrected chi connectivity index (χ2v) is 23.6. The molecule has 424 valence electrons. The number of ketones is 2. The van der Waals surface area contributed by atoms with Gasteiger partial charge in [-0.05, 0) is 158 Å². The molecular weight excluding hydrogens is 1050 g/mol. The fourth-order valence-corrected chi connectivity index (χ4v) is 13.6. The van der Waals surface area contributed by atoms with Gasteiger partial charge in [0.2, 0.25) is 17.7 Å². The number of Topliss-reactive ketones (excluding diaryl/α,β-unsaturated/α-hetero) is 2. The van der Waals surface area contributed by atoms with E-state index in [1.807, 2.05) is 66.4 Å². The van der Waals surface area contributed by atoms with Gasteiger partial charge in [-0.3, -0.25) is 37.7 Å². The molecule has 0 bridgehead atoms. The monoisotopic (exact) mass is 1120 g/mol. The number of hydrogen-bond acceptors (Lipinski definition) is 13. The highest BCUT2D eigenvalue weighted by atomic mass is 32.2. The van der Waals surface area contributed by atoms with Crippen LogP contribution in [0.25, 0.3) is 0 Å². The molecule has 0 saturated heterocycles. The highest BCUT2D eigenvalue weighted by Crippen LogP contribution is 2.43. The van der Waals surface area contributed by atoms with E-state index >= 15 is 0 Å². The number of benzene rings is 5. The number of aryl methyl sites for hydroxylation is 2. The Kier molecular flexibility index (Phi) is 16.7. The van der Waals surface area contributed by atoms with Crippen molar-refractivity contribution in [1.82, 2.24) is 10.6 Å². The Bertz CT molecular complexity index is 3440. The minimum atomic E-state index is -4.12. The number of ether oxygens (including phenoxy) is 3. The van der Waals surface area contributed by atoms with Crippen LogP contribution in [0.15, 0.2) is 91.0 Å². The number of nitrogens with one attached hydrogen (secondary N) is 3. The van der Waals surface area contributed by atoms with Crippen LogP contribution in [0.2, 0.25) is 0 Å². The molecule has 4 aliphatic heterocycles. The minimum Gasteiger partial charge on any atom is -0.493 e. The number of anilines is 3. The van der Waals surface area contributed by atoms with Crippen molar-refractivity contribution in [3.05, 3.63) is 141 Å². The topological polar surface area (TPSA) is 233 Å². The molecule has 18 nitrogen and oxygen atoms in total. The van der Waals surface area contributed by atoms with Gasteiger partial charge in [0.15, 0.2) is 17.3 Å². The van der Waals surface area contributed by atoms with Crippen LogP contribution in [0.1, 0.15) is 117 Å². The number of nitrogens with zero attached hydrogens (tertiary/aromatic N) is 2. The zero-order chi connectivity index (χ0) is 57.1. The molecule has 4 heterocycles. The third-order valence-electron chi connectivity index (χ3n) is 16.6.